The van der Waals surface area contributed by atoms with Gasteiger partial charge in [0, 0.05) is 27.7 Å². The highest BCUT2D eigenvalue weighted by Gasteiger charge is 2.23. The summed E-state index contributed by atoms with van der Waals surface area (Å²) in [4.78, 5) is 0. The number of fused-ring (bicyclic) bond motifs is 7. The topological polar surface area (TPSA) is 13.1 Å². The molecule has 0 unspecified atom stereocenters. The molecule has 0 radical (unpaired) electrons. The van der Waals surface area contributed by atoms with E-state index in [4.69, 9.17) is 4.42 Å². The molecule has 10 aromatic rings. The van der Waals surface area contributed by atoms with Gasteiger partial charge in [0.1, 0.15) is 11.2 Å². The van der Waals surface area contributed by atoms with Crippen molar-refractivity contribution in [1.29, 1.82) is 0 Å². The highest BCUT2D eigenvalue weighted by molar-refractivity contribution is 8.02. The first kappa shape index (κ1) is 29.6. The van der Waals surface area contributed by atoms with Crippen LogP contribution in [0.3, 0.4) is 0 Å². The van der Waals surface area contributed by atoms with Crippen molar-refractivity contribution in [3.8, 4) is 33.4 Å². The molecule has 0 amide bonds. The second kappa shape index (κ2) is 11.7. The van der Waals surface area contributed by atoms with Crippen LogP contribution in [0.15, 0.2) is 174 Å². The Bertz CT molecular complexity index is 2980. The Morgan fingerprint density at radius 3 is 1.44 bits per heavy atom. The van der Waals surface area contributed by atoms with Crippen molar-refractivity contribution >= 4 is 82.4 Å². The maximum Gasteiger partial charge on any atom is 0.143 e. The van der Waals surface area contributed by atoms with Crippen LogP contribution in [0.25, 0.3) is 104 Å². The van der Waals surface area contributed by atoms with Crippen LogP contribution in [-0.4, -0.2) is 5.75 Å². The van der Waals surface area contributed by atoms with Gasteiger partial charge in [-0.2, -0.15) is 0 Å². The van der Waals surface area contributed by atoms with Gasteiger partial charge in [-0.3, -0.25) is 0 Å². The van der Waals surface area contributed by atoms with Gasteiger partial charge in [-0.1, -0.05) is 152 Å². The molecule has 9 aromatic carbocycles. The lowest BCUT2D eigenvalue weighted by molar-refractivity contribution is 0.670. The van der Waals surface area contributed by atoms with Crippen LogP contribution in [0.2, 0.25) is 0 Å². The van der Waals surface area contributed by atoms with E-state index in [9.17, 15) is 0 Å². The van der Waals surface area contributed by atoms with E-state index in [2.05, 4.69) is 169 Å². The molecule has 244 valence electrons. The predicted octanol–water partition coefficient (Wildman–Crippen LogP) is 14.7. The minimum absolute atomic E-state index is 0.902. The molecular formula is C50H32OS. The van der Waals surface area contributed by atoms with E-state index in [1.807, 2.05) is 11.8 Å². The first-order chi connectivity index (χ1) is 25.8. The second-order valence-corrected chi connectivity index (χ2v) is 14.8. The van der Waals surface area contributed by atoms with Crippen LogP contribution in [0.5, 0.6) is 0 Å². The summed E-state index contributed by atoms with van der Waals surface area (Å²) in [6.45, 7) is 0. The van der Waals surface area contributed by atoms with Crippen LogP contribution >= 0.6 is 11.8 Å². The molecule has 0 saturated carbocycles. The maximum atomic E-state index is 6.89. The van der Waals surface area contributed by atoms with E-state index in [1.54, 1.807) is 0 Å². The number of furan rings is 1. The Morgan fingerprint density at radius 2 is 0.885 bits per heavy atom. The largest absolute Gasteiger partial charge is 0.455 e. The van der Waals surface area contributed by atoms with Crippen LogP contribution in [0.1, 0.15) is 12.0 Å². The first-order valence-corrected chi connectivity index (χ1v) is 19.1. The number of benzene rings is 9. The molecule has 0 atom stereocenters. The van der Waals surface area contributed by atoms with Crippen LogP contribution in [0, 0.1) is 0 Å². The van der Waals surface area contributed by atoms with E-state index in [0.29, 0.717) is 0 Å². The molecule has 1 aliphatic rings. The number of thioether (sulfide) groups is 1. The fraction of sp³-hybridized carbons (Fsp3) is 0.0400. The van der Waals surface area contributed by atoms with Crippen molar-refractivity contribution in [1.82, 2.24) is 0 Å². The quantitative estimate of drug-likeness (QED) is 0.172. The van der Waals surface area contributed by atoms with Gasteiger partial charge in [0.05, 0.1) is 0 Å². The third-order valence-electron chi connectivity index (χ3n) is 11.0. The van der Waals surface area contributed by atoms with Gasteiger partial charge in [0.2, 0.25) is 0 Å². The molecule has 0 aliphatic carbocycles. The van der Waals surface area contributed by atoms with Gasteiger partial charge < -0.3 is 4.42 Å². The molecule has 0 saturated heterocycles. The van der Waals surface area contributed by atoms with Crippen LogP contribution in [-0.2, 0) is 0 Å². The van der Waals surface area contributed by atoms with E-state index in [0.717, 1.165) is 39.7 Å². The molecule has 0 spiro atoms. The highest BCUT2D eigenvalue weighted by atomic mass is 32.2. The molecule has 2 heterocycles. The average molecular weight is 681 g/mol. The standard InChI is InChI=1S/C50H32OS/c1-2-13-31(14-3-1)46-34-15-4-6-17-36(34)47(37-18-7-5-16-35(37)46)32-25-26-45-44(29-32)42-23-12-24-43(50(42)51-45)49-40-21-10-8-19-38(40)48(33-27-28-52-30-33)39-20-9-11-22-41(39)49/h1-26,29-30H,27-28H2. The summed E-state index contributed by atoms with van der Waals surface area (Å²) in [5.41, 5.74) is 12.0. The average Bonchev–Trinajstić information content (AvgIpc) is 3.88. The number of hydrogen-bond donors (Lipinski definition) is 0. The van der Waals surface area contributed by atoms with E-state index < -0.39 is 0 Å². The number of allylic oxidation sites excluding steroid dienone is 1. The summed E-state index contributed by atoms with van der Waals surface area (Å²) in [7, 11) is 0. The number of hydrogen-bond acceptors (Lipinski definition) is 2. The number of para-hydroxylation sites is 1. The van der Waals surface area contributed by atoms with Gasteiger partial charge in [0.25, 0.3) is 0 Å². The molecular weight excluding hydrogens is 649 g/mol. The van der Waals surface area contributed by atoms with Crippen molar-refractivity contribution < 1.29 is 4.42 Å². The van der Waals surface area contributed by atoms with Crippen LogP contribution in [0.4, 0.5) is 0 Å². The fourth-order valence-corrected chi connectivity index (χ4v) is 9.73. The Balaban J connectivity index is 1.18. The zero-order valence-corrected chi connectivity index (χ0v) is 29.2. The lowest BCUT2D eigenvalue weighted by Gasteiger charge is -2.18. The first-order valence-electron chi connectivity index (χ1n) is 18.0. The van der Waals surface area contributed by atoms with Crippen molar-refractivity contribution in [3.63, 3.8) is 0 Å². The smallest absolute Gasteiger partial charge is 0.143 e. The van der Waals surface area contributed by atoms with Crippen molar-refractivity contribution in [2.75, 3.05) is 5.75 Å². The minimum Gasteiger partial charge on any atom is -0.455 e. The number of rotatable bonds is 4. The summed E-state index contributed by atoms with van der Waals surface area (Å²) in [5.74, 6) is 1.14. The summed E-state index contributed by atoms with van der Waals surface area (Å²) >= 11 is 1.92. The Hall–Kier alpha value is -6.09. The molecule has 2 heteroatoms. The normalized spacial score (nSPS) is 13.3. The van der Waals surface area contributed by atoms with Crippen molar-refractivity contribution in [2.24, 2.45) is 0 Å². The van der Waals surface area contributed by atoms with E-state index in [-0.39, 0.29) is 0 Å². The summed E-state index contributed by atoms with van der Waals surface area (Å²) in [6.07, 6.45) is 1.10. The summed E-state index contributed by atoms with van der Waals surface area (Å²) < 4.78 is 6.89. The lowest BCUT2D eigenvalue weighted by Crippen LogP contribution is -1.93. The molecule has 52 heavy (non-hydrogen) atoms. The van der Waals surface area contributed by atoms with Gasteiger partial charge in [-0.05, 0) is 100 Å². The molecule has 1 nitrogen and oxygen atoms in total. The zero-order chi connectivity index (χ0) is 34.2. The third-order valence-corrected chi connectivity index (χ3v) is 11.9. The Morgan fingerprint density at radius 1 is 0.385 bits per heavy atom. The molecule has 0 N–H and O–H groups in total. The van der Waals surface area contributed by atoms with Gasteiger partial charge in [0.15, 0.2) is 0 Å². The monoisotopic (exact) mass is 680 g/mol. The van der Waals surface area contributed by atoms with Gasteiger partial charge in [-0.15, -0.1) is 11.8 Å². The van der Waals surface area contributed by atoms with E-state index >= 15 is 0 Å². The Labute approximate surface area is 305 Å². The van der Waals surface area contributed by atoms with Crippen molar-refractivity contribution in [2.45, 2.75) is 6.42 Å². The second-order valence-electron chi connectivity index (χ2n) is 13.8. The van der Waals surface area contributed by atoms with Gasteiger partial charge >= 0.3 is 0 Å². The minimum atomic E-state index is 0.902. The summed E-state index contributed by atoms with van der Waals surface area (Å²) in [6, 6.07) is 59.8. The zero-order valence-electron chi connectivity index (χ0n) is 28.4. The van der Waals surface area contributed by atoms with Gasteiger partial charge in [-0.25, -0.2) is 0 Å². The predicted molar refractivity (Wildman–Crippen MR) is 225 cm³/mol. The lowest BCUT2D eigenvalue weighted by atomic mass is 9.85. The molecule has 1 aliphatic heterocycles. The van der Waals surface area contributed by atoms with Crippen LogP contribution < -0.4 is 0 Å². The van der Waals surface area contributed by atoms with Crippen molar-refractivity contribution in [3.05, 3.63) is 175 Å². The highest BCUT2D eigenvalue weighted by Crippen LogP contribution is 2.48. The maximum absolute atomic E-state index is 6.89. The molecule has 1 aromatic heterocycles. The van der Waals surface area contributed by atoms with E-state index in [1.165, 1.54) is 82.0 Å². The SMILES string of the molecule is C1=C(c2c3ccccc3c(-c3cccc4c3oc3ccc(-c5c6ccccc6c(-c6ccccc6)c6ccccc56)cc34)c3ccccc23)CCS1. The fourth-order valence-electron chi connectivity index (χ4n) is 8.84. The molecule has 0 bridgehead atoms. The molecule has 0 fully saturated rings. The third kappa shape index (κ3) is 4.38. The molecule has 11 rings (SSSR count). The summed E-state index contributed by atoms with van der Waals surface area (Å²) in [5, 5.41) is 14.8. The Kier molecular flexibility index (Phi) is 6.68.